The van der Waals surface area contributed by atoms with Crippen molar-refractivity contribution in [3.8, 4) is 11.3 Å². The first kappa shape index (κ1) is 34.0. The summed E-state index contributed by atoms with van der Waals surface area (Å²) in [5.41, 5.74) is -0.757. The molecule has 242 valence electrons. The van der Waals surface area contributed by atoms with Crippen LogP contribution >= 0.6 is 24.0 Å². The van der Waals surface area contributed by atoms with Gasteiger partial charge in [-0.3, -0.25) is 19.1 Å². The molecule has 3 amide bonds. The lowest BCUT2D eigenvalue weighted by Crippen LogP contribution is -2.52. The molecule has 0 bridgehead atoms. The van der Waals surface area contributed by atoms with Crippen molar-refractivity contribution < 1.29 is 27.6 Å². The summed E-state index contributed by atoms with van der Waals surface area (Å²) in [5.74, 6) is -0.951. The van der Waals surface area contributed by atoms with E-state index in [4.69, 9.17) is 11.6 Å². The van der Waals surface area contributed by atoms with Crippen LogP contribution in [0.15, 0.2) is 43.2 Å². The van der Waals surface area contributed by atoms with E-state index in [0.717, 1.165) is 30.6 Å². The Morgan fingerprint density at radius 3 is 2.42 bits per heavy atom. The highest BCUT2D eigenvalue weighted by Crippen LogP contribution is 2.36. The standard InChI is InChI=1S/C29H32ClF3N8O3.ClH/c1-3-10-41-17-21(24(37-41)29(31,32)33)23-16-35-25(38(23)2)26(42)36-19-4-5-20(22(30)15-19)28(44)40-13-11-39(12-14-40)27(43)18-6-8-34-9-7-18;/h3-5,15-18,34H,1,6-14H2,2H3,(H,36,42);1H. The predicted octanol–water partition coefficient (Wildman–Crippen LogP) is 4.10. The number of piperidine rings is 1. The first-order chi connectivity index (χ1) is 21.0. The molecule has 2 aromatic heterocycles. The van der Waals surface area contributed by atoms with E-state index >= 15 is 0 Å². The van der Waals surface area contributed by atoms with Gasteiger partial charge in [0.1, 0.15) is 0 Å². The molecule has 0 spiro atoms. The minimum absolute atomic E-state index is 0. The Kier molecular flexibility index (Phi) is 10.6. The zero-order valence-electron chi connectivity index (χ0n) is 24.4. The number of anilines is 1. The summed E-state index contributed by atoms with van der Waals surface area (Å²) < 4.78 is 43.4. The number of alkyl halides is 3. The number of nitrogens with one attached hydrogen (secondary N) is 2. The van der Waals surface area contributed by atoms with Gasteiger partial charge in [0.2, 0.25) is 5.91 Å². The van der Waals surface area contributed by atoms with Crippen molar-refractivity contribution in [1.82, 2.24) is 34.4 Å². The Morgan fingerprint density at radius 2 is 1.80 bits per heavy atom. The van der Waals surface area contributed by atoms with Crippen LogP contribution in [0.25, 0.3) is 11.3 Å². The van der Waals surface area contributed by atoms with Gasteiger partial charge in [-0.25, -0.2) is 4.98 Å². The molecular weight excluding hydrogens is 636 g/mol. The van der Waals surface area contributed by atoms with Crippen LogP contribution in [-0.2, 0) is 24.6 Å². The average Bonchev–Trinajstić information content (AvgIpc) is 3.60. The molecule has 45 heavy (non-hydrogen) atoms. The lowest BCUT2D eigenvalue weighted by molar-refractivity contribution is -0.141. The maximum absolute atomic E-state index is 13.7. The second-order valence-corrected chi connectivity index (χ2v) is 11.1. The van der Waals surface area contributed by atoms with E-state index < -0.39 is 17.8 Å². The Bertz CT molecular complexity index is 1570. The third-order valence-electron chi connectivity index (χ3n) is 7.84. The average molecular weight is 670 g/mol. The van der Waals surface area contributed by atoms with E-state index in [2.05, 4.69) is 27.3 Å². The van der Waals surface area contributed by atoms with Crippen molar-refractivity contribution >= 4 is 47.4 Å². The van der Waals surface area contributed by atoms with E-state index in [-0.39, 0.29) is 70.0 Å². The van der Waals surface area contributed by atoms with Gasteiger partial charge < -0.3 is 25.0 Å². The first-order valence-corrected chi connectivity index (χ1v) is 14.5. The van der Waals surface area contributed by atoms with Gasteiger partial charge in [0.05, 0.1) is 34.6 Å². The quantitative estimate of drug-likeness (QED) is 0.366. The normalized spacial score (nSPS) is 15.8. The number of piperazine rings is 1. The number of allylic oxidation sites excluding steroid dienone is 1. The van der Waals surface area contributed by atoms with E-state index in [1.165, 1.54) is 48.3 Å². The molecule has 11 nitrogen and oxygen atoms in total. The van der Waals surface area contributed by atoms with Gasteiger partial charge >= 0.3 is 6.18 Å². The molecule has 4 heterocycles. The SMILES string of the molecule is C=CCn1cc(-c2cnc(C(=O)Nc3ccc(C(=O)N4CCN(C(=O)C5CCNCC5)CC4)c(Cl)c3)n2C)c(C(F)(F)F)n1.Cl. The molecule has 2 N–H and O–H groups in total. The van der Waals surface area contributed by atoms with Gasteiger partial charge in [-0.2, -0.15) is 18.3 Å². The van der Waals surface area contributed by atoms with Gasteiger partial charge in [-0.15, -0.1) is 19.0 Å². The van der Waals surface area contributed by atoms with Crippen LogP contribution < -0.4 is 10.6 Å². The van der Waals surface area contributed by atoms with Crippen molar-refractivity contribution in [2.75, 3.05) is 44.6 Å². The van der Waals surface area contributed by atoms with E-state index in [9.17, 15) is 27.6 Å². The molecule has 16 heteroatoms. The van der Waals surface area contributed by atoms with Crippen molar-refractivity contribution in [1.29, 1.82) is 0 Å². The number of carbonyl (C=O) groups excluding carboxylic acids is 3. The third kappa shape index (κ3) is 7.34. The van der Waals surface area contributed by atoms with E-state index in [1.54, 1.807) is 4.90 Å². The molecule has 2 saturated heterocycles. The molecule has 3 aromatic rings. The van der Waals surface area contributed by atoms with Crippen molar-refractivity contribution in [3.63, 3.8) is 0 Å². The summed E-state index contributed by atoms with van der Waals surface area (Å²) >= 11 is 6.44. The fraction of sp³-hybridized carbons (Fsp3) is 0.414. The molecule has 0 saturated carbocycles. The van der Waals surface area contributed by atoms with Gasteiger partial charge in [-0.05, 0) is 44.1 Å². The Balaban J connectivity index is 0.00000461. The second-order valence-electron chi connectivity index (χ2n) is 10.7. The largest absolute Gasteiger partial charge is 0.435 e. The molecule has 0 radical (unpaired) electrons. The van der Waals surface area contributed by atoms with Crippen LogP contribution in [-0.4, -0.2) is 86.1 Å². The van der Waals surface area contributed by atoms with Crippen molar-refractivity contribution in [3.05, 3.63) is 65.4 Å². The minimum atomic E-state index is -4.72. The molecule has 0 unspecified atom stereocenters. The molecule has 0 atom stereocenters. The molecule has 5 rings (SSSR count). The number of hydrogen-bond acceptors (Lipinski definition) is 6. The number of nitrogens with zero attached hydrogens (tertiary/aromatic N) is 6. The van der Waals surface area contributed by atoms with Crippen LogP contribution in [0.3, 0.4) is 0 Å². The van der Waals surface area contributed by atoms with Crippen LogP contribution in [0.2, 0.25) is 5.02 Å². The Labute approximate surface area is 268 Å². The molecule has 2 aliphatic rings. The summed E-state index contributed by atoms with van der Waals surface area (Å²) in [7, 11) is 1.43. The summed E-state index contributed by atoms with van der Waals surface area (Å²) in [6.07, 6.45) is 0.736. The predicted molar refractivity (Wildman–Crippen MR) is 164 cm³/mol. The third-order valence-corrected chi connectivity index (χ3v) is 8.15. The number of hydrogen-bond donors (Lipinski definition) is 2. The zero-order chi connectivity index (χ0) is 31.6. The van der Waals surface area contributed by atoms with Crippen LogP contribution in [0.5, 0.6) is 0 Å². The highest BCUT2D eigenvalue weighted by Gasteiger charge is 2.38. The summed E-state index contributed by atoms with van der Waals surface area (Å²) in [4.78, 5) is 46.6. The zero-order valence-corrected chi connectivity index (χ0v) is 26.0. The lowest BCUT2D eigenvalue weighted by atomic mass is 9.96. The Hall–Kier alpha value is -3.88. The highest BCUT2D eigenvalue weighted by molar-refractivity contribution is 6.34. The van der Waals surface area contributed by atoms with Gasteiger partial charge in [0.15, 0.2) is 11.5 Å². The van der Waals surface area contributed by atoms with E-state index in [1.807, 2.05) is 4.90 Å². The van der Waals surface area contributed by atoms with Crippen LogP contribution in [0.4, 0.5) is 18.9 Å². The van der Waals surface area contributed by atoms with Crippen molar-refractivity contribution in [2.45, 2.75) is 25.6 Å². The van der Waals surface area contributed by atoms with Gasteiger partial charge in [0.25, 0.3) is 11.8 Å². The number of halogens is 5. The number of benzene rings is 1. The number of amides is 3. The fourth-order valence-electron chi connectivity index (χ4n) is 5.50. The summed E-state index contributed by atoms with van der Waals surface area (Å²) in [5, 5.41) is 9.63. The molecule has 0 aliphatic carbocycles. The molecule has 2 fully saturated rings. The van der Waals surface area contributed by atoms with Crippen LogP contribution in [0.1, 0.15) is 39.5 Å². The Morgan fingerprint density at radius 1 is 1.13 bits per heavy atom. The fourth-order valence-corrected chi connectivity index (χ4v) is 5.76. The maximum atomic E-state index is 13.7. The highest BCUT2D eigenvalue weighted by atomic mass is 35.5. The van der Waals surface area contributed by atoms with Gasteiger partial charge in [0, 0.05) is 51.0 Å². The minimum Gasteiger partial charge on any atom is -0.339 e. The molecule has 1 aromatic carbocycles. The number of aromatic nitrogens is 4. The first-order valence-electron chi connectivity index (χ1n) is 14.1. The number of rotatable bonds is 7. The molecule has 2 aliphatic heterocycles. The number of carbonyl (C=O) groups is 3. The summed E-state index contributed by atoms with van der Waals surface area (Å²) in [6, 6.07) is 4.44. The van der Waals surface area contributed by atoms with Crippen LogP contribution in [0, 0.1) is 5.92 Å². The number of imidazole rings is 1. The molecular formula is C29H33Cl2F3N8O3. The van der Waals surface area contributed by atoms with Crippen molar-refractivity contribution in [2.24, 2.45) is 13.0 Å². The van der Waals surface area contributed by atoms with Gasteiger partial charge in [-0.1, -0.05) is 17.7 Å². The smallest absolute Gasteiger partial charge is 0.339 e. The lowest BCUT2D eigenvalue weighted by Gasteiger charge is -2.37. The maximum Gasteiger partial charge on any atom is 0.435 e. The summed E-state index contributed by atoms with van der Waals surface area (Å²) in [6.45, 7) is 6.93. The topological polar surface area (TPSA) is 117 Å². The monoisotopic (exact) mass is 668 g/mol. The second kappa shape index (κ2) is 14.0. The van der Waals surface area contributed by atoms with E-state index in [0.29, 0.717) is 26.2 Å².